The smallest absolute Gasteiger partial charge is 0.306 e. The number of carbonyl (C=O) groups is 2. The van der Waals surface area contributed by atoms with Crippen molar-refractivity contribution >= 4 is 21.7 Å². The normalized spacial score (nSPS) is 24.3. The molecule has 3 atom stereocenters. The number of hydrogen-bond acceptors (Lipinski definition) is 5. The Morgan fingerprint density at radius 3 is 2.52 bits per heavy atom. The number of aliphatic carboxylic acids is 1. The summed E-state index contributed by atoms with van der Waals surface area (Å²) in [5.41, 5.74) is 5.64. The maximum Gasteiger partial charge on any atom is 0.306 e. The molecule has 21 heavy (non-hydrogen) atoms. The molecule has 0 bridgehead atoms. The summed E-state index contributed by atoms with van der Waals surface area (Å²) in [6, 6.07) is -0.883. The quantitative estimate of drug-likeness (QED) is 0.594. The first-order valence-corrected chi connectivity index (χ1v) is 9.20. The predicted octanol–water partition coefficient (Wildman–Crippen LogP) is -0.244. The molecule has 1 rings (SSSR count). The second-order valence-corrected chi connectivity index (χ2v) is 8.02. The van der Waals surface area contributed by atoms with E-state index in [2.05, 4.69) is 5.32 Å². The van der Waals surface area contributed by atoms with E-state index in [0.717, 1.165) is 25.5 Å². The average Bonchev–Trinajstić information content (AvgIpc) is 2.41. The Kier molecular flexibility index (Phi) is 6.60. The average molecular weight is 320 g/mol. The topological polar surface area (TPSA) is 127 Å². The van der Waals surface area contributed by atoms with Gasteiger partial charge in [0.05, 0.1) is 17.7 Å². The molecule has 8 heteroatoms. The summed E-state index contributed by atoms with van der Waals surface area (Å²) in [4.78, 5) is 23.0. The van der Waals surface area contributed by atoms with Crippen molar-refractivity contribution in [3.05, 3.63) is 0 Å². The predicted molar refractivity (Wildman–Crippen MR) is 78.4 cm³/mol. The van der Waals surface area contributed by atoms with E-state index in [1.165, 1.54) is 0 Å². The Bertz CT molecular complexity index is 477. The minimum Gasteiger partial charge on any atom is -0.481 e. The summed E-state index contributed by atoms with van der Waals surface area (Å²) in [6.07, 6.45) is 4.43. The van der Waals surface area contributed by atoms with Gasteiger partial charge in [-0.25, -0.2) is 8.42 Å². The molecule has 1 aliphatic carbocycles. The molecule has 0 radical (unpaired) electrons. The van der Waals surface area contributed by atoms with Crippen LogP contribution in [-0.2, 0) is 19.4 Å². The molecule has 1 amide bonds. The Hall–Kier alpha value is -1.15. The molecule has 0 aromatic heterocycles. The molecule has 0 saturated heterocycles. The van der Waals surface area contributed by atoms with E-state index >= 15 is 0 Å². The number of carboxylic acid groups (broad SMARTS) is 1. The van der Waals surface area contributed by atoms with Crippen molar-refractivity contribution < 1.29 is 23.1 Å². The lowest BCUT2D eigenvalue weighted by Gasteiger charge is -2.28. The molecule has 7 nitrogen and oxygen atoms in total. The van der Waals surface area contributed by atoms with Crippen LogP contribution in [0, 0.1) is 11.8 Å². The fourth-order valence-electron chi connectivity index (χ4n) is 2.61. The van der Waals surface area contributed by atoms with Crippen LogP contribution in [0.25, 0.3) is 0 Å². The molecular formula is C13H24N2O5S. The van der Waals surface area contributed by atoms with Gasteiger partial charge in [0.25, 0.3) is 0 Å². The van der Waals surface area contributed by atoms with Gasteiger partial charge < -0.3 is 16.2 Å². The van der Waals surface area contributed by atoms with Gasteiger partial charge in [0.15, 0.2) is 0 Å². The summed E-state index contributed by atoms with van der Waals surface area (Å²) in [7, 11) is -3.15. The van der Waals surface area contributed by atoms with Crippen LogP contribution in [0.1, 0.15) is 32.1 Å². The minimum atomic E-state index is -3.15. The van der Waals surface area contributed by atoms with Crippen LogP contribution < -0.4 is 11.1 Å². The number of rotatable bonds is 7. The van der Waals surface area contributed by atoms with Crippen LogP contribution in [0.15, 0.2) is 0 Å². The molecule has 0 aromatic rings. The molecule has 0 aliphatic heterocycles. The molecule has 1 saturated carbocycles. The van der Waals surface area contributed by atoms with Crippen LogP contribution >= 0.6 is 0 Å². The maximum absolute atomic E-state index is 11.8. The fraction of sp³-hybridized carbons (Fsp3) is 0.846. The standard InChI is InChI=1S/C13H24N2O5S/c1-21(19,20)7-6-11(14)12(16)15-8-9-4-2-3-5-10(9)13(17)18/h9-11H,2-8,14H2,1H3,(H,15,16)(H,17,18). The Balaban J connectivity index is 2.42. The number of nitrogens with two attached hydrogens (primary N) is 1. The highest BCUT2D eigenvalue weighted by Gasteiger charge is 2.31. The van der Waals surface area contributed by atoms with Gasteiger partial charge in [-0.05, 0) is 25.2 Å². The Labute approximate surface area is 125 Å². The zero-order chi connectivity index (χ0) is 16.0. The largest absolute Gasteiger partial charge is 0.481 e. The molecule has 4 N–H and O–H groups in total. The lowest BCUT2D eigenvalue weighted by atomic mass is 9.79. The Morgan fingerprint density at radius 2 is 1.95 bits per heavy atom. The third-order valence-corrected chi connectivity index (χ3v) is 4.88. The van der Waals surface area contributed by atoms with E-state index < -0.39 is 33.7 Å². The van der Waals surface area contributed by atoms with E-state index in [-0.39, 0.29) is 24.6 Å². The molecule has 3 unspecified atom stereocenters. The van der Waals surface area contributed by atoms with Gasteiger partial charge in [-0.2, -0.15) is 0 Å². The van der Waals surface area contributed by atoms with E-state index in [9.17, 15) is 18.0 Å². The highest BCUT2D eigenvalue weighted by molar-refractivity contribution is 7.90. The van der Waals surface area contributed by atoms with Crippen molar-refractivity contribution in [2.75, 3.05) is 18.6 Å². The highest BCUT2D eigenvalue weighted by atomic mass is 32.2. The first kappa shape index (κ1) is 17.9. The van der Waals surface area contributed by atoms with Gasteiger partial charge in [-0.1, -0.05) is 12.8 Å². The van der Waals surface area contributed by atoms with Crippen molar-refractivity contribution in [2.24, 2.45) is 17.6 Å². The van der Waals surface area contributed by atoms with Crippen LogP contribution in [-0.4, -0.2) is 50.0 Å². The van der Waals surface area contributed by atoms with Gasteiger partial charge >= 0.3 is 5.97 Å². The summed E-state index contributed by atoms with van der Waals surface area (Å²) >= 11 is 0. The summed E-state index contributed by atoms with van der Waals surface area (Å²) in [5.74, 6) is -1.89. The Morgan fingerprint density at radius 1 is 1.33 bits per heavy atom. The van der Waals surface area contributed by atoms with E-state index in [4.69, 9.17) is 10.8 Å². The third-order valence-electron chi connectivity index (χ3n) is 3.90. The molecular weight excluding hydrogens is 296 g/mol. The monoisotopic (exact) mass is 320 g/mol. The van der Waals surface area contributed by atoms with Crippen LogP contribution in [0.4, 0.5) is 0 Å². The fourth-order valence-corrected chi connectivity index (χ4v) is 3.29. The number of amides is 1. The van der Waals surface area contributed by atoms with Gasteiger partial charge in [0, 0.05) is 12.8 Å². The molecule has 0 spiro atoms. The van der Waals surface area contributed by atoms with Gasteiger partial charge in [-0.3, -0.25) is 9.59 Å². The molecule has 1 aliphatic rings. The van der Waals surface area contributed by atoms with Crippen molar-refractivity contribution in [2.45, 2.75) is 38.1 Å². The van der Waals surface area contributed by atoms with Crippen LogP contribution in [0.2, 0.25) is 0 Å². The van der Waals surface area contributed by atoms with Crippen LogP contribution in [0.5, 0.6) is 0 Å². The molecule has 122 valence electrons. The number of sulfone groups is 1. The second kappa shape index (κ2) is 7.74. The summed E-state index contributed by atoms with van der Waals surface area (Å²) < 4.78 is 22.1. The summed E-state index contributed by atoms with van der Waals surface area (Å²) in [5, 5.41) is 11.8. The minimum absolute atomic E-state index is 0.0672. The lowest BCUT2D eigenvalue weighted by Crippen LogP contribution is -2.45. The number of nitrogens with one attached hydrogen (secondary N) is 1. The van der Waals surface area contributed by atoms with Crippen LogP contribution in [0.3, 0.4) is 0 Å². The van der Waals surface area contributed by atoms with Gasteiger partial charge in [-0.15, -0.1) is 0 Å². The zero-order valence-electron chi connectivity index (χ0n) is 12.2. The third kappa shape index (κ3) is 6.43. The van der Waals surface area contributed by atoms with Crippen molar-refractivity contribution in [1.29, 1.82) is 0 Å². The SMILES string of the molecule is CS(=O)(=O)CCC(N)C(=O)NCC1CCCCC1C(=O)O. The first-order chi connectivity index (χ1) is 9.70. The number of carboxylic acids is 1. The number of carbonyl (C=O) groups excluding carboxylic acids is 1. The second-order valence-electron chi connectivity index (χ2n) is 5.76. The van der Waals surface area contributed by atoms with E-state index in [1.54, 1.807) is 0 Å². The van der Waals surface area contributed by atoms with Gasteiger partial charge in [0.1, 0.15) is 9.84 Å². The maximum atomic E-state index is 11.8. The number of hydrogen-bond donors (Lipinski definition) is 3. The lowest BCUT2D eigenvalue weighted by molar-refractivity contribution is -0.145. The van der Waals surface area contributed by atoms with E-state index in [0.29, 0.717) is 6.42 Å². The highest BCUT2D eigenvalue weighted by Crippen LogP contribution is 2.29. The first-order valence-electron chi connectivity index (χ1n) is 7.14. The molecule has 0 heterocycles. The summed E-state index contributed by atoms with van der Waals surface area (Å²) in [6.45, 7) is 0.280. The molecule has 0 aromatic carbocycles. The zero-order valence-corrected chi connectivity index (χ0v) is 13.1. The van der Waals surface area contributed by atoms with E-state index in [1.807, 2.05) is 0 Å². The molecule has 1 fully saturated rings. The van der Waals surface area contributed by atoms with Crippen molar-refractivity contribution in [3.8, 4) is 0 Å². The van der Waals surface area contributed by atoms with Crippen molar-refractivity contribution in [1.82, 2.24) is 5.32 Å². The van der Waals surface area contributed by atoms with Gasteiger partial charge in [0.2, 0.25) is 5.91 Å². The van der Waals surface area contributed by atoms with Crippen molar-refractivity contribution in [3.63, 3.8) is 0 Å².